The predicted octanol–water partition coefficient (Wildman–Crippen LogP) is 6.38. The third-order valence-electron chi connectivity index (χ3n) is 6.42. The van der Waals surface area contributed by atoms with E-state index in [1.165, 1.54) is 16.8 Å². The van der Waals surface area contributed by atoms with Crippen LogP contribution in [0.5, 0.6) is 0 Å². The molecule has 186 valence electrons. The lowest BCUT2D eigenvalue weighted by Gasteiger charge is -2.12. The van der Waals surface area contributed by atoms with E-state index in [0.717, 1.165) is 32.2 Å². The van der Waals surface area contributed by atoms with Gasteiger partial charge in [0, 0.05) is 51.2 Å². The van der Waals surface area contributed by atoms with E-state index in [-0.39, 0.29) is 17.2 Å². The number of hydrogen-bond donors (Lipinski definition) is 0. The maximum atomic E-state index is 13.4. The molecule has 5 aromatic rings. The molecule has 5 rings (SSSR count). The first kappa shape index (κ1) is 24.6. The lowest BCUT2D eigenvalue weighted by atomic mass is 10.1. The van der Waals surface area contributed by atoms with Gasteiger partial charge in [-0.05, 0) is 36.8 Å². The maximum absolute atomic E-state index is 13.4. The first-order valence-corrected chi connectivity index (χ1v) is 12.6. The van der Waals surface area contributed by atoms with Crippen LogP contribution in [0.2, 0.25) is 0 Å². The molecule has 8 nitrogen and oxygen atoms in total. The van der Waals surface area contributed by atoms with Crippen LogP contribution in [-0.4, -0.2) is 25.4 Å². The Hall–Kier alpha value is -4.11. The second-order valence-electron chi connectivity index (χ2n) is 9.17. The highest BCUT2D eigenvalue weighted by Crippen LogP contribution is 2.26. The highest BCUT2D eigenvalue weighted by molar-refractivity contribution is 9.10. The summed E-state index contributed by atoms with van der Waals surface area (Å²) in [7, 11) is 0. The van der Waals surface area contributed by atoms with E-state index in [4.69, 9.17) is 4.98 Å². The number of halogens is 1. The number of non-ortho nitro benzene ring substituents is 1. The van der Waals surface area contributed by atoms with Crippen molar-refractivity contribution >= 4 is 49.6 Å². The van der Waals surface area contributed by atoms with Gasteiger partial charge in [-0.1, -0.05) is 60.1 Å². The summed E-state index contributed by atoms with van der Waals surface area (Å²) in [5.74, 6) is 0.575. The number of nitro groups is 1. The smallest absolute Gasteiger partial charge is 0.282 e. The molecule has 0 spiro atoms. The molecular formula is C28H24BrN5O3. The summed E-state index contributed by atoms with van der Waals surface area (Å²) in [6, 6.07) is 20.0. The Labute approximate surface area is 221 Å². The van der Waals surface area contributed by atoms with Crippen LogP contribution in [0.4, 0.5) is 5.69 Å². The molecule has 0 aliphatic heterocycles. The SMILES string of the molecule is Cc1c(C=Nn2c(C(C)C)nc3ccc(Br)cc3c2=O)c2ccccc2n1Cc1ccc([N+](=O)[O-])cc1. The third kappa shape index (κ3) is 4.58. The first-order valence-electron chi connectivity index (χ1n) is 11.8. The number of para-hydroxylation sites is 1. The lowest BCUT2D eigenvalue weighted by molar-refractivity contribution is -0.384. The van der Waals surface area contributed by atoms with Crippen molar-refractivity contribution in [1.29, 1.82) is 0 Å². The molecule has 0 saturated carbocycles. The van der Waals surface area contributed by atoms with Crippen LogP contribution in [0.1, 0.15) is 42.4 Å². The molecule has 9 heteroatoms. The number of nitrogens with zero attached hydrogens (tertiary/aromatic N) is 5. The minimum atomic E-state index is -0.400. The van der Waals surface area contributed by atoms with E-state index in [1.54, 1.807) is 24.4 Å². The monoisotopic (exact) mass is 557 g/mol. The van der Waals surface area contributed by atoms with Gasteiger partial charge in [-0.2, -0.15) is 9.78 Å². The standard InChI is InChI=1S/C28H24BrN5O3/c1-17(2)27-31-25-13-10-20(29)14-23(25)28(35)33(27)30-15-24-18(3)32(26-7-5-4-6-22(24)26)16-19-8-11-21(12-9-19)34(36)37/h4-15,17H,16H2,1-3H3. The zero-order valence-corrected chi connectivity index (χ0v) is 22.1. The van der Waals surface area contributed by atoms with Crippen molar-refractivity contribution in [1.82, 2.24) is 14.2 Å². The molecule has 0 atom stereocenters. The van der Waals surface area contributed by atoms with E-state index in [1.807, 2.05) is 57.2 Å². The molecule has 37 heavy (non-hydrogen) atoms. The number of aromatic nitrogens is 3. The lowest BCUT2D eigenvalue weighted by Crippen LogP contribution is -2.23. The fourth-order valence-electron chi connectivity index (χ4n) is 4.50. The normalized spacial score (nSPS) is 11.8. The molecule has 2 aromatic heterocycles. The molecule has 0 aliphatic rings. The quantitative estimate of drug-likeness (QED) is 0.137. The van der Waals surface area contributed by atoms with Crippen LogP contribution in [-0.2, 0) is 6.54 Å². The van der Waals surface area contributed by atoms with E-state index in [2.05, 4.69) is 25.6 Å². The summed E-state index contributed by atoms with van der Waals surface area (Å²) >= 11 is 3.44. The number of hydrogen-bond acceptors (Lipinski definition) is 5. The summed E-state index contributed by atoms with van der Waals surface area (Å²) < 4.78 is 4.35. The fraction of sp³-hybridized carbons (Fsp3) is 0.179. The topological polar surface area (TPSA) is 95.3 Å². The molecule has 3 aromatic carbocycles. The van der Waals surface area contributed by atoms with Crippen molar-refractivity contribution in [3.63, 3.8) is 0 Å². The van der Waals surface area contributed by atoms with Crippen LogP contribution in [0.15, 0.2) is 81.1 Å². The second kappa shape index (κ2) is 9.74. The summed E-state index contributed by atoms with van der Waals surface area (Å²) in [5, 5.41) is 17.2. The zero-order chi connectivity index (χ0) is 26.3. The number of nitro benzene ring substituents is 1. The van der Waals surface area contributed by atoms with Gasteiger partial charge in [0.15, 0.2) is 0 Å². The van der Waals surface area contributed by atoms with Crippen LogP contribution in [0, 0.1) is 17.0 Å². The molecular weight excluding hydrogens is 534 g/mol. The second-order valence-corrected chi connectivity index (χ2v) is 10.1. The summed E-state index contributed by atoms with van der Waals surface area (Å²) in [6.45, 7) is 6.52. The highest BCUT2D eigenvalue weighted by Gasteiger charge is 2.16. The molecule has 0 aliphatic carbocycles. The first-order chi connectivity index (χ1) is 17.7. The van der Waals surface area contributed by atoms with Crippen LogP contribution in [0.25, 0.3) is 21.8 Å². The molecule has 0 bridgehead atoms. The molecule has 0 fully saturated rings. The van der Waals surface area contributed by atoms with Gasteiger partial charge in [0.05, 0.1) is 22.0 Å². The molecule has 0 unspecified atom stereocenters. The minimum absolute atomic E-state index is 0.0116. The van der Waals surface area contributed by atoms with Crippen molar-refractivity contribution in [2.45, 2.75) is 33.2 Å². The van der Waals surface area contributed by atoms with Crippen LogP contribution in [0.3, 0.4) is 0 Å². The Kier molecular flexibility index (Phi) is 6.47. The van der Waals surface area contributed by atoms with Gasteiger partial charge in [-0.25, -0.2) is 4.98 Å². The number of benzene rings is 3. The number of rotatable bonds is 6. The van der Waals surface area contributed by atoms with E-state index < -0.39 is 4.92 Å². The molecule has 2 heterocycles. The summed E-state index contributed by atoms with van der Waals surface area (Å²) in [5.41, 5.74) is 4.30. The van der Waals surface area contributed by atoms with Gasteiger partial charge in [-0.3, -0.25) is 14.9 Å². The largest absolute Gasteiger partial charge is 0.340 e. The zero-order valence-electron chi connectivity index (χ0n) is 20.6. The fourth-order valence-corrected chi connectivity index (χ4v) is 4.86. The van der Waals surface area contributed by atoms with E-state index in [9.17, 15) is 14.9 Å². The van der Waals surface area contributed by atoms with Crippen molar-refractivity contribution in [2.75, 3.05) is 0 Å². The molecule has 0 N–H and O–H groups in total. The van der Waals surface area contributed by atoms with Crippen LogP contribution >= 0.6 is 15.9 Å². The van der Waals surface area contributed by atoms with Crippen molar-refractivity contribution < 1.29 is 4.92 Å². The number of fused-ring (bicyclic) bond motifs is 2. The summed E-state index contributed by atoms with van der Waals surface area (Å²) in [4.78, 5) is 28.8. The molecule has 0 saturated heterocycles. The van der Waals surface area contributed by atoms with Crippen LogP contribution < -0.4 is 5.56 Å². The van der Waals surface area contributed by atoms with Gasteiger partial charge in [0.2, 0.25) is 0 Å². The van der Waals surface area contributed by atoms with Gasteiger partial charge in [0.25, 0.3) is 11.2 Å². The Morgan fingerprint density at radius 2 is 1.81 bits per heavy atom. The predicted molar refractivity (Wildman–Crippen MR) is 150 cm³/mol. The Morgan fingerprint density at radius 1 is 1.08 bits per heavy atom. The van der Waals surface area contributed by atoms with Gasteiger partial charge in [-0.15, -0.1) is 0 Å². The van der Waals surface area contributed by atoms with Gasteiger partial charge < -0.3 is 4.57 Å². The van der Waals surface area contributed by atoms with E-state index in [0.29, 0.717) is 23.3 Å². The van der Waals surface area contributed by atoms with Crippen molar-refractivity contribution in [3.8, 4) is 0 Å². The van der Waals surface area contributed by atoms with Crippen molar-refractivity contribution in [2.24, 2.45) is 5.10 Å². The third-order valence-corrected chi connectivity index (χ3v) is 6.91. The maximum Gasteiger partial charge on any atom is 0.282 e. The van der Waals surface area contributed by atoms with Crippen molar-refractivity contribution in [3.05, 3.63) is 114 Å². The minimum Gasteiger partial charge on any atom is -0.340 e. The average Bonchev–Trinajstić information content (AvgIpc) is 3.14. The average molecular weight is 558 g/mol. The Balaban J connectivity index is 1.62. The van der Waals surface area contributed by atoms with Gasteiger partial charge >= 0.3 is 0 Å². The van der Waals surface area contributed by atoms with Gasteiger partial charge in [0.1, 0.15) is 5.82 Å². The Bertz CT molecular complexity index is 1750. The summed E-state index contributed by atoms with van der Waals surface area (Å²) in [6.07, 6.45) is 1.72. The molecule has 0 radical (unpaired) electrons. The molecule has 0 amide bonds. The highest BCUT2D eigenvalue weighted by atomic mass is 79.9. The van der Waals surface area contributed by atoms with E-state index >= 15 is 0 Å². The Morgan fingerprint density at radius 3 is 2.51 bits per heavy atom.